The minimum atomic E-state index is -4.54. The highest BCUT2D eigenvalue weighted by atomic mass is 35.5. The molecule has 0 spiro atoms. The summed E-state index contributed by atoms with van der Waals surface area (Å²) in [5.74, 6) is 0. The summed E-state index contributed by atoms with van der Waals surface area (Å²) in [5, 5.41) is 9.69. The van der Waals surface area contributed by atoms with Gasteiger partial charge in [-0.3, -0.25) is 0 Å². The second-order valence-electron chi connectivity index (χ2n) is 4.11. The molecule has 1 aromatic rings. The topological polar surface area (TPSA) is 46.2 Å². The van der Waals surface area contributed by atoms with Crippen LogP contribution in [0.15, 0.2) is 18.2 Å². The van der Waals surface area contributed by atoms with Crippen molar-refractivity contribution in [2.24, 2.45) is 5.73 Å². The Kier molecular flexibility index (Phi) is 5.01. The first-order valence-corrected chi connectivity index (χ1v) is 5.95. The van der Waals surface area contributed by atoms with E-state index in [-0.39, 0.29) is 10.6 Å². The second-order valence-corrected chi connectivity index (χ2v) is 4.55. The summed E-state index contributed by atoms with van der Waals surface area (Å²) in [6.07, 6.45) is -4.55. The first-order valence-electron chi connectivity index (χ1n) is 5.57. The summed E-state index contributed by atoms with van der Waals surface area (Å²) in [7, 11) is 0. The Morgan fingerprint density at radius 2 is 2.00 bits per heavy atom. The molecule has 0 saturated carbocycles. The largest absolute Gasteiger partial charge is 0.416 e. The third-order valence-corrected chi connectivity index (χ3v) is 2.91. The lowest BCUT2D eigenvalue weighted by Crippen LogP contribution is -2.28. The van der Waals surface area contributed by atoms with Crippen molar-refractivity contribution in [2.75, 3.05) is 0 Å². The van der Waals surface area contributed by atoms with E-state index >= 15 is 0 Å². The zero-order chi connectivity index (χ0) is 13.9. The van der Waals surface area contributed by atoms with Crippen molar-refractivity contribution in [2.45, 2.75) is 38.1 Å². The van der Waals surface area contributed by atoms with Crippen LogP contribution in [0.4, 0.5) is 13.2 Å². The molecule has 6 heteroatoms. The predicted octanol–water partition coefficient (Wildman–Crippen LogP) is 3.52. The van der Waals surface area contributed by atoms with Crippen molar-refractivity contribution in [1.29, 1.82) is 0 Å². The Morgan fingerprint density at radius 3 is 2.50 bits per heavy atom. The molecule has 1 rings (SSSR count). The quantitative estimate of drug-likeness (QED) is 0.887. The summed E-state index contributed by atoms with van der Waals surface area (Å²) in [5.41, 5.74) is 4.66. The van der Waals surface area contributed by atoms with Crippen LogP contribution in [0.3, 0.4) is 0 Å². The standard InChI is InChI=1S/C12H15ClF3NO/c1-2-3-10(18)11(17)8-5-4-7(13)6-9(8)12(14,15)16/h4-6,10-11,18H,2-3,17H2,1H3/t10-,11+/m0/s1. The van der Waals surface area contributed by atoms with E-state index in [0.717, 1.165) is 6.07 Å². The maximum absolute atomic E-state index is 12.8. The molecule has 0 saturated heterocycles. The van der Waals surface area contributed by atoms with E-state index < -0.39 is 23.9 Å². The fourth-order valence-corrected chi connectivity index (χ4v) is 1.92. The molecule has 0 heterocycles. The van der Waals surface area contributed by atoms with Crippen LogP contribution in [0, 0.1) is 0 Å². The molecule has 0 bridgehead atoms. The lowest BCUT2D eigenvalue weighted by molar-refractivity contribution is -0.138. The summed E-state index contributed by atoms with van der Waals surface area (Å²) in [4.78, 5) is 0. The van der Waals surface area contributed by atoms with Gasteiger partial charge in [0.05, 0.1) is 17.7 Å². The molecule has 3 N–H and O–H groups in total. The van der Waals surface area contributed by atoms with Crippen LogP contribution in [-0.4, -0.2) is 11.2 Å². The van der Waals surface area contributed by atoms with Gasteiger partial charge < -0.3 is 10.8 Å². The van der Waals surface area contributed by atoms with Crippen LogP contribution in [0.2, 0.25) is 5.02 Å². The van der Waals surface area contributed by atoms with Gasteiger partial charge in [-0.2, -0.15) is 13.2 Å². The average molecular weight is 282 g/mol. The number of nitrogens with two attached hydrogens (primary N) is 1. The smallest absolute Gasteiger partial charge is 0.391 e. The fraction of sp³-hybridized carbons (Fsp3) is 0.500. The maximum Gasteiger partial charge on any atom is 0.416 e. The van der Waals surface area contributed by atoms with Crippen LogP contribution in [0.1, 0.15) is 36.9 Å². The third-order valence-electron chi connectivity index (χ3n) is 2.68. The van der Waals surface area contributed by atoms with E-state index in [2.05, 4.69) is 0 Å². The molecule has 0 aliphatic carbocycles. The molecular formula is C12H15ClF3NO. The number of aliphatic hydroxyl groups is 1. The van der Waals surface area contributed by atoms with E-state index in [1.54, 1.807) is 0 Å². The monoisotopic (exact) mass is 281 g/mol. The molecular weight excluding hydrogens is 267 g/mol. The highest BCUT2D eigenvalue weighted by molar-refractivity contribution is 6.30. The van der Waals surface area contributed by atoms with Crippen LogP contribution >= 0.6 is 11.6 Å². The summed E-state index contributed by atoms with van der Waals surface area (Å²) >= 11 is 5.56. The molecule has 0 aromatic heterocycles. The number of halogens is 4. The predicted molar refractivity (Wildman–Crippen MR) is 64.3 cm³/mol. The van der Waals surface area contributed by atoms with Crippen molar-refractivity contribution in [1.82, 2.24) is 0 Å². The Morgan fingerprint density at radius 1 is 1.39 bits per heavy atom. The van der Waals surface area contributed by atoms with Crippen molar-refractivity contribution >= 4 is 11.6 Å². The Labute approximate surface area is 109 Å². The number of benzene rings is 1. The normalized spacial score (nSPS) is 15.5. The molecule has 0 unspecified atom stereocenters. The minimum Gasteiger partial charge on any atom is -0.391 e. The molecule has 1 aromatic carbocycles. The molecule has 102 valence electrons. The van der Waals surface area contributed by atoms with Crippen LogP contribution < -0.4 is 5.73 Å². The van der Waals surface area contributed by atoms with E-state index in [9.17, 15) is 18.3 Å². The number of aliphatic hydroxyl groups excluding tert-OH is 1. The first-order chi connectivity index (χ1) is 8.27. The molecule has 0 amide bonds. The lowest BCUT2D eigenvalue weighted by atomic mass is 9.94. The first kappa shape index (κ1) is 15.3. The van der Waals surface area contributed by atoms with Crippen LogP contribution in [0.5, 0.6) is 0 Å². The van der Waals surface area contributed by atoms with E-state index in [4.69, 9.17) is 17.3 Å². The Balaban J connectivity index is 3.15. The second kappa shape index (κ2) is 5.91. The Bertz CT molecular complexity index is 409. The molecule has 18 heavy (non-hydrogen) atoms. The highest BCUT2D eigenvalue weighted by Gasteiger charge is 2.36. The van der Waals surface area contributed by atoms with Gasteiger partial charge in [0.1, 0.15) is 0 Å². The molecule has 0 radical (unpaired) electrons. The fourth-order valence-electron chi connectivity index (χ4n) is 1.75. The van der Waals surface area contributed by atoms with Gasteiger partial charge in [-0.15, -0.1) is 0 Å². The van der Waals surface area contributed by atoms with Gasteiger partial charge in [-0.05, 0) is 24.1 Å². The number of hydrogen-bond donors (Lipinski definition) is 2. The van der Waals surface area contributed by atoms with Gasteiger partial charge in [0.25, 0.3) is 0 Å². The lowest BCUT2D eigenvalue weighted by Gasteiger charge is -2.22. The molecule has 0 aliphatic rings. The van der Waals surface area contributed by atoms with Crippen molar-refractivity contribution in [3.63, 3.8) is 0 Å². The van der Waals surface area contributed by atoms with Gasteiger partial charge in [0.15, 0.2) is 0 Å². The van der Waals surface area contributed by atoms with Gasteiger partial charge in [-0.25, -0.2) is 0 Å². The highest BCUT2D eigenvalue weighted by Crippen LogP contribution is 2.36. The van der Waals surface area contributed by atoms with Crippen molar-refractivity contribution in [3.8, 4) is 0 Å². The van der Waals surface area contributed by atoms with Crippen LogP contribution in [0.25, 0.3) is 0 Å². The van der Waals surface area contributed by atoms with Gasteiger partial charge in [0.2, 0.25) is 0 Å². The zero-order valence-corrected chi connectivity index (χ0v) is 10.6. The number of hydrogen-bond acceptors (Lipinski definition) is 2. The van der Waals surface area contributed by atoms with Crippen molar-refractivity contribution < 1.29 is 18.3 Å². The third kappa shape index (κ3) is 3.60. The van der Waals surface area contributed by atoms with Crippen LogP contribution in [-0.2, 0) is 6.18 Å². The summed E-state index contributed by atoms with van der Waals surface area (Å²) in [6, 6.07) is 2.31. The number of rotatable bonds is 4. The minimum absolute atomic E-state index is 0.0109. The molecule has 0 aliphatic heterocycles. The summed E-state index contributed by atoms with van der Waals surface area (Å²) < 4.78 is 38.5. The van der Waals surface area contributed by atoms with E-state index in [1.165, 1.54) is 12.1 Å². The maximum atomic E-state index is 12.8. The molecule has 2 nitrogen and oxygen atoms in total. The van der Waals surface area contributed by atoms with Gasteiger partial charge in [0, 0.05) is 5.02 Å². The Hall–Kier alpha value is -0.780. The van der Waals surface area contributed by atoms with E-state index in [0.29, 0.717) is 12.8 Å². The molecule has 0 fully saturated rings. The average Bonchev–Trinajstić information content (AvgIpc) is 2.27. The van der Waals surface area contributed by atoms with E-state index in [1.807, 2.05) is 6.92 Å². The number of alkyl halides is 3. The SMILES string of the molecule is CCC[C@H](O)[C@H](N)c1ccc(Cl)cc1C(F)(F)F. The summed E-state index contributed by atoms with van der Waals surface area (Å²) in [6.45, 7) is 1.82. The molecule has 2 atom stereocenters. The zero-order valence-electron chi connectivity index (χ0n) is 9.84. The van der Waals surface area contributed by atoms with Gasteiger partial charge >= 0.3 is 6.18 Å². The van der Waals surface area contributed by atoms with Crippen molar-refractivity contribution in [3.05, 3.63) is 34.3 Å². The van der Waals surface area contributed by atoms with Gasteiger partial charge in [-0.1, -0.05) is 31.0 Å².